The van der Waals surface area contributed by atoms with E-state index in [9.17, 15) is 0 Å². The van der Waals surface area contributed by atoms with Gasteiger partial charge in [0.15, 0.2) is 0 Å². The molecule has 5 heteroatoms. The molecular formula is C13H25N3O2. The van der Waals surface area contributed by atoms with Crippen molar-refractivity contribution in [2.45, 2.75) is 58.6 Å². The van der Waals surface area contributed by atoms with Crippen LogP contribution in [0.15, 0.2) is 4.52 Å². The van der Waals surface area contributed by atoms with Gasteiger partial charge in [-0.1, -0.05) is 19.0 Å². The third-order valence-electron chi connectivity index (χ3n) is 3.40. The van der Waals surface area contributed by atoms with Crippen molar-refractivity contribution in [3.63, 3.8) is 0 Å². The van der Waals surface area contributed by atoms with Gasteiger partial charge in [-0.3, -0.25) is 0 Å². The van der Waals surface area contributed by atoms with E-state index in [0.717, 1.165) is 19.3 Å². The van der Waals surface area contributed by atoms with Gasteiger partial charge in [0.1, 0.15) is 5.60 Å². The van der Waals surface area contributed by atoms with Crippen LogP contribution in [0.1, 0.15) is 52.3 Å². The first-order valence-corrected chi connectivity index (χ1v) is 6.73. The fraction of sp³-hybridized carbons (Fsp3) is 0.846. The Hall–Kier alpha value is -0.940. The molecule has 18 heavy (non-hydrogen) atoms. The predicted octanol–water partition coefficient (Wildman–Crippen LogP) is 2.27. The summed E-state index contributed by atoms with van der Waals surface area (Å²) in [6, 6.07) is 0.373. The van der Waals surface area contributed by atoms with Gasteiger partial charge in [0.25, 0.3) is 0 Å². The van der Waals surface area contributed by atoms with Gasteiger partial charge >= 0.3 is 0 Å². The topological polar surface area (TPSA) is 60.2 Å². The predicted molar refractivity (Wildman–Crippen MR) is 70.4 cm³/mol. The van der Waals surface area contributed by atoms with Crippen molar-refractivity contribution < 1.29 is 9.26 Å². The van der Waals surface area contributed by atoms with Gasteiger partial charge < -0.3 is 14.6 Å². The zero-order valence-electron chi connectivity index (χ0n) is 12.1. The van der Waals surface area contributed by atoms with E-state index in [1.165, 1.54) is 0 Å². The van der Waals surface area contributed by atoms with E-state index in [4.69, 9.17) is 9.26 Å². The van der Waals surface area contributed by atoms with Gasteiger partial charge in [-0.15, -0.1) is 0 Å². The van der Waals surface area contributed by atoms with Gasteiger partial charge in [0, 0.05) is 19.1 Å². The number of likely N-dealkylation sites (N-methyl/N-ethyl adjacent to an activating group) is 1. The summed E-state index contributed by atoms with van der Waals surface area (Å²) in [4.78, 5) is 4.46. The highest BCUT2D eigenvalue weighted by Crippen LogP contribution is 2.26. The van der Waals surface area contributed by atoms with Crippen LogP contribution in [0.3, 0.4) is 0 Å². The van der Waals surface area contributed by atoms with E-state index in [1.54, 1.807) is 0 Å². The lowest BCUT2D eigenvalue weighted by atomic mass is 10.0. The fourth-order valence-electron chi connectivity index (χ4n) is 1.86. The summed E-state index contributed by atoms with van der Waals surface area (Å²) in [7, 11) is 1.95. The van der Waals surface area contributed by atoms with Gasteiger partial charge in [-0.05, 0) is 33.7 Å². The minimum Gasteiger partial charge on any atom is -0.367 e. The monoisotopic (exact) mass is 255 g/mol. The summed E-state index contributed by atoms with van der Waals surface area (Å²) in [5, 5.41) is 7.29. The van der Waals surface area contributed by atoms with Gasteiger partial charge in [0.2, 0.25) is 11.7 Å². The van der Waals surface area contributed by atoms with Crippen LogP contribution in [0.25, 0.3) is 0 Å². The zero-order chi connectivity index (χ0) is 13.6. The molecule has 0 bridgehead atoms. The standard InChI is InChI=1S/C13H25N3O2/c1-6-10(14-5)9-11-15-12(16-18-11)13(4,7-2)17-8-3/h10,14H,6-9H2,1-5H3. The Morgan fingerprint density at radius 1 is 1.39 bits per heavy atom. The smallest absolute Gasteiger partial charge is 0.228 e. The lowest BCUT2D eigenvalue weighted by Gasteiger charge is -2.23. The Balaban J connectivity index is 2.78. The Morgan fingerprint density at radius 3 is 2.61 bits per heavy atom. The number of hydrogen-bond acceptors (Lipinski definition) is 5. The molecular weight excluding hydrogens is 230 g/mol. The number of aromatic nitrogens is 2. The Kier molecular flexibility index (Phi) is 5.75. The molecule has 0 fully saturated rings. The molecule has 0 aromatic carbocycles. The number of hydrogen-bond donors (Lipinski definition) is 1. The maximum atomic E-state index is 5.74. The molecule has 0 aliphatic heterocycles. The molecule has 2 unspecified atom stereocenters. The van der Waals surface area contributed by atoms with Crippen molar-refractivity contribution in [2.75, 3.05) is 13.7 Å². The van der Waals surface area contributed by atoms with Gasteiger partial charge in [-0.25, -0.2) is 0 Å². The molecule has 1 N–H and O–H groups in total. The van der Waals surface area contributed by atoms with E-state index in [0.29, 0.717) is 24.4 Å². The summed E-state index contributed by atoms with van der Waals surface area (Å²) < 4.78 is 11.0. The number of rotatable bonds is 8. The van der Waals surface area contributed by atoms with Crippen LogP contribution in [-0.2, 0) is 16.8 Å². The Labute approximate surface area is 109 Å². The number of ether oxygens (including phenoxy) is 1. The molecule has 0 aliphatic rings. The normalized spacial score (nSPS) is 16.5. The molecule has 5 nitrogen and oxygen atoms in total. The van der Waals surface area contributed by atoms with Gasteiger partial charge in [0.05, 0.1) is 0 Å². The first-order chi connectivity index (χ1) is 8.59. The highest BCUT2D eigenvalue weighted by molar-refractivity contribution is 5.00. The first-order valence-electron chi connectivity index (χ1n) is 6.73. The van der Waals surface area contributed by atoms with Crippen molar-refractivity contribution in [3.05, 3.63) is 11.7 Å². The average Bonchev–Trinajstić information content (AvgIpc) is 2.85. The minimum absolute atomic E-state index is 0.373. The van der Waals surface area contributed by atoms with Crippen LogP contribution < -0.4 is 5.32 Å². The molecule has 0 spiro atoms. The Bertz CT molecular complexity index is 350. The van der Waals surface area contributed by atoms with Crippen LogP contribution in [-0.4, -0.2) is 29.8 Å². The van der Waals surface area contributed by atoms with Gasteiger partial charge in [-0.2, -0.15) is 4.98 Å². The third-order valence-corrected chi connectivity index (χ3v) is 3.40. The molecule has 0 saturated heterocycles. The van der Waals surface area contributed by atoms with Crippen molar-refractivity contribution in [1.29, 1.82) is 0 Å². The highest BCUT2D eigenvalue weighted by Gasteiger charge is 2.31. The largest absolute Gasteiger partial charge is 0.367 e. The summed E-state index contributed by atoms with van der Waals surface area (Å²) in [6.07, 6.45) is 2.61. The maximum absolute atomic E-state index is 5.74. The van der Waals surface area contributed by atoms with E-state index in [-0.39, 0.29) is 0 Å². The molecule has 104 valence electrons. The summed E-state index contributed by atoms with van der Waals surface area (Å²) in [6.45, 7) is 8.81. The van der Waals surface area contributed by atoms with Crippen LogP contribution in [0, 0.1) is 0 Å². The molecule has 0 saturated carbocycles. The average molecular weight is 255 g/mol. The fourth-order valence-corrected chi connectivity index (χ4v) is 1.86. The van der Waals surface area contributed by atoms with E-state index >= 15 is 0 Å². The van der Waals surface area contributed by atoms with Crippen molar-refractivity contribution in [3.8, 4) is 0 Å². The van der Waals surface area contributed by atoms with Crippen molar-refractivity contribution in [1.82, 2.24) is 15.5 Å². The lowest BCUT2D eigenvalue weighted by molar-refractivity contribution is -0.0403. The number of nitrogens with one attached hydrogen (secondary N) is 1. The van der Waals surface area contributed by atoms with E-state index < -0.39 is 5.60 Å². The van der Waals surface area contributed by atoms with Crippen LogP contribution in [0.5, 0.6) is 0 Å². The summed E-state index contributed by atoms with van der Waals surface area (Å²) in [5.74, 6) is 1.32. The highest BCUT2D eigenvalue weighted by atomic mass is 16.5. The van der Waals surface area contributed by atoms with E-state index in [1.807, 2.05) is 20.9 Å². The van der Waals surface area contributed by atoms with Crippen LogP contribution in [0.4, 0.5) is 0 Å². The molecule has 1 heterocycles. The molecule has 0 aliphatic carbocycles. The minimum atomic E-state index is -0.447. The summed E-state index contributed by atoms with van der Waals surface area (Å²) in [5.41, 5.74) is -0.447. The second-order valence-corrected chi connectivity index (χ2v) is 4.63. The summed E-state index contributed by atoms with van der Waals surface area (Å²) >= 11 is 0. The van der Waals surface area contributed by atoms with E-state index in [2.05, 4.69) is 29.3 Å². The zero-order valence-corrected chi connectivity index (χ0v) is 12.1. The Morgan fingerprint density at radius 2 is 2.11 bits per heavy atom. The molecule has 2 atom stereocenters. The SMILES string of the molecule is CCOC(C)(CC)c1noc(CC(CC)NC)n1. The molecule has 0 amide bonds. The third kappa shape index (κ3) is 3.53. The number of nitrogens with zero attached hydrogens (tertiary/aromatic N) is 2. The lowest BCUT2D eigenvalue weighted by Crippen LogP contribution is -2.28. The second kappa shape index (κ2) is 6.85. The van der Waals surface area contributed by atoms with Crippen molar-refractivity contribution >= 4 is 0 Å². The van der Waals surface area contributed by atoms with Crippen molar-refractivity contribution in [2.24, 2.45) is 0 Å². The molecule has 1 aromatic heterocycles. The molecule has 1 aromatic rings. The maximum Gasteiger partial charge on any atom is 0.228 e. The molecule has 0 radical (unpaired) electrons. The first kappa shape index (κ1) is 15.1. The quantitative estimate of drug-likeness (QED) is 0.772. The van der Waals surface area contributed by atoms with Crippen LogP contribution >= 0.6 is 0 Å². The second-order valence-electron chi connectivity index (χ2n) is 4.63. The molecule has 1 rings (SSSR count). The van der Waals surface area contributed by atoms with Crippen LogP contribution in [0.2, 0.25) is 0 Å².